The zero-order valence-electron chi connectivity index (χ0n) is 14.0. The summed E-state index contributed by atoms with van der Waals surface area (Å²) in [5.41, 5.74) is 2.49. The molecular weight excluding hydrogens is 326 g/mol. The van der Waals surface area contributed by atoms with Crippen LogP contribution in [0.5, 0.6) is 0 Å². The van der Waals surface area contributed by atoms with E-state index >= 15 is 0 Å². The summed E-state index contributed by atoms with van der Waals surface area (Å²) in [7, 11) is 0. The van der Waals surface area contributed by atoms with Crippen LogP contribution < -0.4 is 5.32 Å². The second kappa shape index (κ2) is 7.03. The summed E-state index contributed by atoms with van der Waals surface area (Å²) in [6.45, 7) is 2.19. The highest BCUT2D eigenvalue weighted by Crippen LogP contribution is 2.36. The fraction of sp³-hybridized carbons (Fsp3) is 0.143. The number of hydrogen-bond acceptors (Lipinski definition) is 4. The Bertz CT molecular complexity index is 964. The summed E-state index contributed by atoms with van der Waals surface area (Å²) >= 11 is 1.70. The number of aromatic nitrogens is 2. The molecule has 0 saturated heterocycles. The molecule has 0 radical (unpaired) electrons. The summed E-state index contributed by atoms with van der Waals surface area (Å²) < 4.78 is 0. The standard InChI is InChI=1S/C21H19N3S/c1-2-18(15-9-5-3-6-10-15)24-20-17-13-19(16-11-7-4-8-12-16)25-21(17)23-14-22-20/h3-14,18H,2H2,1H3,(H,22,23,24)/t18-/m1/s1. The molecule has 1 N–H and O–H groups in total. The summed E-state index contributed by atoms with van der Waals surface area (Å²) in [5.74, 6) is 0.902. The molecule has 2 aromatic carbocycles. The Morgan fingerprint density at radius 2 is 1.68 bits per heavy atom. The van der Waals surface area contributed by atoms with Crippen LogP contribution in [0.25, 0.3) is 20.7 Å². The van der Waals surface area contributed by atoms with E-state index in [1.807, 2.05) is 12.1 Å². The first-order chi connectivity index (χ1) is 12.3. The smallest absolute Gasteiger partial charge is 0.138 e. The van der Waals surface area contributed by atoms with Gasteiger partial charge in [0, 0.05) is 4.88 Å². The minimum absolute atomic E-state index is 0.236. The number of nitrogens with zero attached hydrogens (tertiary/aromatic N) is 2. The molecule has 124 valence electrons. The number of nitrogens with one attached hydrogen (secondary N) is 1. The lowest BCUT2D eigenvalue weighted by atomic mass is 10.0. The molecule has 2 aromatic heterocycles. The Balaban J connectivity index is 1.71. The molecule has 0 amide bonds. The van der Waals surface area contributed by atoms with Gasteiger partial charge in [0.2, 0.25) is 0 Å². The van der Waals surface area contributed by atoms with Gasteiger partial charge in [-0.1, -0.05) is 67.6 Å². The summed E-state index contributed by atoms with van der Waals surface area (Å²) in [6.07, 6.45) is 2.64. The first kappa shape index (κ1) is 15.8. The summed E-state index contributed by atoms with van der Waals surface area (Å²) in [6, 6.07) is 23.4. The van der Waals surface area contributed by atoms with Crippen molar-refractivity contribution in [3.63, 3.8) is 0 Å². The lowest BCUT2D eigenvalue weighted by molar-refractivity contribution is 0.745. The highest BCUT2D eigenvalue weighted by atomic mass is 32.1. The van der Waals surface area contributed by atoms with Gasteiger partial charge in [-0.05, 0) is 23.6 Å². The fourth-order valence-corrected chi connectivity index (χ4v) is 3.99. The van der Waals surface area contributed by atoms with Gasteiger partial charge in [0.1, 0.15) is 17.0 Å². The Kier molecular flexibility index (Phi) is 4.44. The molecule has 2 heterocycles. The summed E-state index contributed by atoms with van der Waals surface area (Å²) in [5, 5.41) is 4.69. The molecule has 0 aliphatic heterocycles. The van der Waals surface area contributed by atoms with E-state index in [0.717, 1.165) is 22.5 Å². The van der Waals surface area contributed by atoms with Gasteiger partial charge >= 0.3 is 0 Å². The Hall–Kier alpha value is -2.72. The predicted octanol–water partition coefficient (Wildman–Crippen LogP) is 5.92. The average Bonchev–Trinajstić information content (AvgIpc) is 3.12. The Morgan fingerprint density at radius 1 is 0.960 bits per heavy atom. The minimum Gasteiger partial charge on any atom is -0.363 e. The third-order valence-corrected chi connectivity index (χ3v) is 5.40. The maximum atomic E-state index is 4.51. The van der Waals surface area contributed by atoms with Crippen LogP contribution in [0, 0.1) is 0 Å². The number of benzene rings is 2. The van der Waals surface area contributed by atoms with Gasteiger partial charge in [0.15, 0.2) is 0 Å². The van der Waals surface area contributed by atoms with E-state index < -0.39 is 0 Å². The van der Waals surface area contributed by atoms with E-state index in [4.69, 9.17) is 0 Å². The zero-order valence-corrected chi connectivity index (χ0v) is 14.8. The van der Waals surface area contributed by atoms with Crippen LogP contribution in [-0.4, -0.2) is 9.97 Å². The molecular formula is C21H19N3S. The van der Waals surface area contributed by atoms with Crippen LogP contribution in [-0.2, 0) is 0 Å². The Morgan fingerprint density at radius 3 is 2.40 bits per heavy atom. The van der Waals surface area contributed by atoms with Gasteiger partial charge in [-0.15, -0.1) is 11.3 Å². The zero-order chi connectivity index (χ0) is 17.1. The molecule has 4 heteroatoms. The molecule has 0 aliphatic rings. The van der Waals surface area contributed by atoms with Crippen molar-refractivity contribution < 1.29 is 0 Å². The van der Waals surface area contributed by atoms with Crippen LogP contribution in [0.2, 0.25) is 0 Å². The van der Waals surface area contributed by atoms with Gasteiger partial charge < -0.3 is 5.32 Å². The van der Waals surface area contributed by atoms with Crippen molar-refractivity contribution in [2.45, 2.75) is 19.4 Å². The molecule has 25 heavy (non-hydrogen) atoms. The monoisotopic (exact) mass is 345 g/mol. The molecule has 0 spiro atoms. The van der Waals surface area contributed by atoms with Gasteiger partial charge in [-0.25, -0.2) is 9.97 Å². The topological polar surface area (TPSA) is 37.8 Å². The van der Waals surface area contributed by atoms with Gasteiger partial charge in [0.25, 0.3) is 0 Å². The molecule has 0 saturated carbocycles. The maximum absolute atomic E-state index is 4.51. The first-order valence-electron chi connectivity index (χ1n) is 8.46. The number of anilines is 1. The van der Waals surface area contributed by atoms with Crippen molar-refractivity contribution in [3.05, 3.63) is 78.6 Å². The van der Waals surface area contributed by atoms with Crippen LogP contribution in [0.4, 0.5) is 5.82 Å². The van der Waals surface area contributed by atoms with Gasteiger partial charge in [-0.3, -0.25) is 0 Å². The van der Waals surface area contributed by atoms with Crippen LogP contribution in [0.15, 0.2) is 73.1 Å². The first-order valence-corrected chi connectivity index (χ1v) is 9.28. The number of hydrogen-bond donors (Lipinski definition) is 1. The van der Waals surface area contributed by atoms with E-state index in [-0.39, 0.29) is 6.04 Å². The van der Waals surface area contributed by atoms with Crippen molar-refractivity contribution in [2.75, 3.05) is 5.32 Å². The van der Waals surface area contributed by atoms with Crippen molar-refractivity contribution in [1.29, 1.82) is 0 Å². The van der Waals surface area contributed by atoms with Crippen molar-refractivity contribution in [2.24, 2.45) is 0 Å². The van der Waals surface area contributed by atoms with E-state index in [2.05, 4.69) is 76.8 Å². The van der Waals surface area contributed by atoms with Gasteiger partial charge in [0.05, 0.1) is 11.4 Å². The quantitative estimate of drug-likeness (QED) is 0.488. The van der Waals surface area contributed by atoms with Crippen molar-refractivity contribution >= 4 is 27.4 Å². The molecule has 0 bridgehead atoms. The largest absolute Gasteiger partial charge is 0.363 e. The maximum Gasteiger partial charge on any atom is 0.138 e. The third-order valence-electron chi connectivity index (χ3n) is 4.31. The van der Waals surface area contributed by atoms with Crippen molar-refractivity contribution in [1.82, 2.24) is 9.97 Å². The van der Waals surface area contributed by atoms with Crippen LogP contribution in [0.1, 0.15) is 24.9 Å². The van der Waals surface area contributed by atoms with E-state index in [9.17, 15) is 0 Å². The molecule has 0 unspecified atom stereocenters. The van der Waals surface area contributed by atoms with E-state index in [1.165, 1.54) is 16.0 Å². The Labute approximate surface area is 151 Å². The molecule has 0 fully saturated rings. The SMILES string of the molecule is CC[C@@H](Nc1ncnc2sc(-c3ccccc3)cc12)c1ccccc1. The fourth-order valence-electron chi connectivity index (χ4n) is 2.99. The third kappa shape index (κ3) is 3.26. The molecule has 1 atom stereocenters. The van der Waals surface area contributed by atoms with Crippen molar-refractivity contribution in [3.8, 4) is 10.4 Å². The molecule has 4 rings (SSSR count). The highest BCUT2D eigenvalue weighted by molar-refractivity contribution is 7.21. The highest BCUT2D eigenvalue weighted by Gasteiger charge is 2.14. The lowest BCUT2D eigenvalue weighted by Gasteiger charge is -2.18. The van der Waals surface area contributed by atoms with E-state index in [0.29, 0.717) is 0 Å². The normalized spacial score (nSPS) is 12.2. The minimum atomic E-state index is 0.236. The predicted molar refractivity (Wildman–Crippen MR) is 106 cm³/mol. The summed E-state index contributed by atoms with van der Waals surface area (Å²) in [4.78, 5) is 11.2. The van der Waals surface area contributed by atoms with Crippen LogP contribution in [0.3, 0.4) is 0 Å². The number of rotatable bonds is 5. The van der Waals surface area contributed by atoms with Crippen LogP contribution >= 0.6 is 11.3 Å². The number of fused-ring (bicyclic) bond motifs is 1. The second-order valence-corrected chi connectivity index (χ2v) is 6.96. The van der Waals surface area contributed by atoms with E-state index in [1.54, 1.807) is 17.7 Å². The number of thiophene rings is 1. The molecule has 3 nitrogen and oxygen atoms in total. The molecule has 4 aromatic rings. The molecule has 0 aliphatic carbocycles. The lowest BCUT2D eigenvalue weighted by Crippen LogP contribution is -2.10. The average molecular weight is 345 g/mol. The second-order valence-electron chi connectivity index (χ2n) is 5.93. The van der Waals surface area contributed by atoms with Gasteiger partial charge in [-0.2, -0.15) is 0 Å².